The number of nitrogens with zero attached hydrogens (tertiary/aromatic N) is 1. The lowest BCUT2D eigenvalue weighted by molar-refractivity contribution is 0.0940. The van der Waals surface area contributed by atoms with E-state index in [4.69, 9.17) is 0 Å². The maximum absolute atomic E-state index is 12.2. The SMILES string of the molecule is C[C@H](NC(=O)c1ccc2cn[nH]c2c1)c1ccccc1. The van der Waals surface area contributed by atoms with Gasteiger partial charge in [0.2, 0.25) is 0 Å². The van der Waals surface area contributed by atoms with Gasteiger partial charge in [0.25, 0.3) is 5.91 Å². The molecule has 0 unspecified atom stereocenters. The number of aromatic amines is 1. The van der Waals surface area contributed by atoms with Crippen LogP contribution in [0.2, 0.25) is 0 Å². The van der Waals surface area contributed by atoms with Crippen LogP contribution in [-0.2, 0) is 0 Å². The number of H-pyrrole nitrogens is 1. The van der Waals surface area contributed by atoms with Gasteiger partial charge in [-0.1, -0.05) is 36.4 Å². The van der Waals surface area contributed by atoms with Crippen molar-refractivity contribution in [2.24, 2.45) is 0 Å². The van der Waals surface area contributed by atoms with Gasteiger partial charge in [-0.3, -0.25) is 9.89 Å². The standard InChI is InChI=1S/C16H15N3O/c1-11(12-5-3-2-4-6-12)18-16(20)13-7-8-14-10-17-19-15(14)9-13/h2-11H,1H3,(H,17,19)(H,18,20)/t11-/m0/s1. The van der Waals surface area contributed by atoms with Gasteiger partial charge in [-0.25, -0.2) is 0 Å². The molecule has 0 radical (unpaired) electrons. The normalized spacial score (nSPS) is 12.2. The molecule has 0 aliphatic heterocycles. The summed E-state index contributed by atoms with van der Waals surface area (Å²) in [6.07, 6.45) is 1.74. The van der Waals surface area contributed by atoms with E-state index >= 15 is 0 Å². The molecular weight excluding hydrogens is 250 g/mol. The van der Waals surface area contributed by atoms with E-state index in [1.54, 1.807) is 6.20 Å². The average Bonchev–Trinajstić information content (AvgIpc) is 2.95. The Hall–Kier alpha value is -2.62. The molecule has 0 aliphatic carbocycles. The van der Waals surface area contributed by atoms with Gasteiger partial charge in [0.1, 0.15) is 0 Å². The Morgan fingerprint density at radius 3 is 2.80 bits per heavy atom. The number of carbonyl (C=O) groups is 1. The molecule has 3 rings (SSSR count). The lowest BCUT2D eigenvalue weighted by Gasteiger charge is -2.14. The molecule has 3 aromatic rings. The molecule has 2 N–H and O–H groups in total. The van der Waals surface area contributed by atoms with Crippen molar-refractivity contribution < 1.29 is 4.79 Å². The van der Waals surface area contributed by atoms with E-state index in [2.05, 4.69) is 15.5 Å². The summed E-state index contributed by atoms with van der Waals surface area (Å²) in [4.78, 5) is 12.2. The van der Waals surface area contributed by atoms with E-state index in [0.29, 0.717) is 5.56 Å². The lowest BCUT2D eigenvalue weighted by atomic mass is 10.1. The highest BCUT2D eigenvalue weighted by Crippen LogP contribution is 2.15. The van der Waals surface area contributed by atoms with Gasteiger partial charge in [0.05, 0.1) is 17.8 Å². The Balaban J connectivity index is 1.78. The van der Waals surface area contributed by atoms with Crippen molar-refractivity contribution in [3.63, 3.8) is 0 Å². The first-order valence-electron chi connectivity index (χ1n) is 6.53. The summed E-state index contributed by atoms with van der Waals surface area (Å²) in [5.41, 5.74) is 2.58. The van der Waals surface area contributed by atoms with Crippen molar-refractivity contribution in [1.82, 2.24) is 15.5 Å². The molecule has 0 fully saturated rings. The number of amides is 1. The Labute approximate surface area is 116 Å². The van der Waals surface area contributed by atoms with E-state index in [1.165, 1.54) is 0 Å². The zero-order valence-corrected chi connectivity index (χ0v) is 11.1. The molecule has 1 amide bonds. The lowest BCUT2D eigenvalue weighted by Crippen LogP contribution is -2.26. The maximum atomic E-state index is 12.2. The zero-order valence-electron chi connectivity index (χ0n) is 11.1. The van der Waals surface area contributed by atoms with Crippen LogP contribution in [0.1, 0.15) is 28.9 Å². The van der Waals surface area contributed by atoms with Crippen LogP contribution in [0.25, 0.3) is 10.9 Å². The minimum atomic E-state index is -0.0853. The van der Waals surface area contributed by atoms with Crippen LogP contribution in [0.4, 0.5) is 0 Å². The number of carbonyl (C=O) groups excluding carboxylic acids is 1. The van der Waals surface area contributed by atoms with Crippen molar-refractivity contribution in [2.75, 3.05) is 0 Å². The molecule has 0 spiro atoms. The van der Waals surface area contributed by atoms with Crippen LogP contribution >= 0.6 is 0 Å². The summed E-state index contributed by atoms with van der Waals surface area (Å²) in [6, 6.07) is 15.4. The number of fused-ring (bicyclic) bond motifs is 1. The van der Waals surface area contributed by atoms with E-state index in [9.17, 15) is 4.79 Å². The number of aromatic nitrogens is 2. The molecule has 2 aromatic carbocycles. The van der Waals surface area contributed by atoms with Gasteiger partial charge in [-0.2, -0.15) is 5.10 Å². The molecule has 1 aromatic heterocycles. The van der Waals surface area contributed by atoms with Crippen LogP contribution in [-0.4, -0.2) is 16.1 Å². The summed E-state index contributed by atoms with van der Waals surface area (Å²) in [7, 11) is 0. The molecule has 0 aliphatic rings. The highest BCUT2D eigenvalue weighted by atomic mass is 16.1. The minimum absolute atomic E-state index is 0.0267. The predicted molar refractivity (Wildman–Crippen MR) is 78.4 cm³/mol. The highest BCUT2D eigenvalue weighted by molar-refractivity contribution is 5.97. The third kappa shape index (κ3) is 2.40. The molecule has 0 saturated carbocycles. The van der Waals surface area contributed by atoms with Crippen LogP contribution in [0, 0.1) is 0 Å². The molecule has 0 bridgehead atoms. The highest BCUT2D eigenvalue weighted by Gasteiger charge is 2.11. The molecule has 1 heterocycles. The minimum Gasteiger partial charge on any atom is -0.346 e. The second-order valence-electron chi connectivity index (χ2n) is 4.78. The quantitative estimate of drug-likeness (QED) is 0.764. The summed E-state index contributed by atoms with van der Waals surface area (Å²) in [5, 5.41) is 10.8. The van der Waals surface area contributed by atoms with E-state index in [1.807, 2.05) is 55.5 Å². The van der Waals surface area contributed by atoms with Crippen LogP contribution in [0.3, 0.4) is 0 Å². The summed E-state index contributed by atoms with van der Waals surface area (Å²) < 4.78 is 0. The van der Waals surface area contributed by atoms with E-state index in [-0.39, 0.29) is 11.9 Å². The maximum Gasteiger partial charge on any atom is 0.251 e. The van der Waals surface area contributed by atoms with Gasteiger partial charge in [0, 0.05) is 10.9 Å². The van der Waals surface area contributed by atoms with Gasteiger partial charge in [-0.05, 0) is 24.6 Å². The van der Waals surface area contributed by atoms with Crippen LogP contribution < -0.4 is 5.32 Å². The third-order valence-corrected chi connectivity index (χ3v) is 3.35. The Morgan fingerprint density at radius 2 is 2.00 bits per heavy atom. The summed E-state index contributed by atoms with van der Waals surface area (Å²) in [6.45, 7) is 1.97. The van der Waals surface area contributed by atoms with Crippen LogP contribution in [0.5, 0.6) is 0 Å². The number of rotatable bonds is 3. The van der Waals surface area contributed by atoms with Crippen LogP contribution in [0.15, 0.2) is 54.7 Å². The fraction of sp³-hybridized carbons (Fsp3) is 0.125. The van der Waals surface area contributed by atoms with E-state index in [0.717, 1.165) is 16.5 Å². The van der Waals surface area contributed by atoms with Crippen molar-refractivity contribution in [3.8, 4) is 0 Å². The number of hydrogen-bond donors (Lipinski definition) is 2. The third-order valence-electron chi connectivity index (χ3n) is 3.35. The molecular formula is C16H15N3O. The topological polar surface area (TPSA) is 57.8 Å². The number of hydrogen-bond acceptors (Lipinski definition) is 2. The molecule has 4 nitrogen and oxygen atoms in total. The Bertz CT molecular complexity index is 734. The molecule has 100 valence electrons. The Morgan fingerprint density at radius 1 is 1.20 bits per heavy atom. The summed E-state index contributed by atoms with van der Waals surface area (Å²) in [5.74, 6) is -0.0853. The molecule has 4 heteroatoms. The smallest absolute Gasteiger partial charge is 0.251 e. The Kier molecular flexibility index (Phi) is 3.21. The average molecular weight is 265 g/mol. The second-order valence-corrected chi connectivity index (χ2v) is 4.78. The molecule has 1 atom stereocenters. The number of nitrogens with one attached hydrogen (secondary N) is 2. The molecule has 0 saturated heterocycles. The van der Waals surface area contributed by atoms with Gasteiger partial charge in [0.15, 0.2) is 0 Å². The molecule has 20 heavy (non-hydrogen) atoms. The summed E-state index contributed by atoms with van der Waals surface area (Å²) >= 11 is 0. The van der Waals surface area contributed by atoms with Gasteiger partial charge < -0.3 is 5.32 Å². The first-order chi connectivity index (χ1) is 9.74. The van der Waals surface area contributed by atoms with Gasteiger partial charge in [-0.15, -0.1) is 0 Å². The zero-order chi connectivity index (χ0) is 13.9. The fourth-order valence-electron chi connectivity index (χ4n) is 2.18. The van der Waals surface area contributed by atoms with Crippen molar-refractivity contribution in [3.05, 3.63) is 65.9 Å². The second kappa shape index (κ2) is 5.17. The first-order valence-corrected chi connectivity index (χ1v) is 6.53. The monoisotopic (exact) mass is 265 g/mol. The van der Waals surface area contributed by atoms with Crippen molar-refractivity contribution in [2.45, 2.75) is 13.0 Å². The number of benzene rings is 2. The van der Waals surface area contributed by atoms with Gasteiger partial charge >= 0.3 is 0 Å². The largest absolute Gasteiger partial charge is 0.346 e. The van der Waals surface area contributed by atoms with E-state index < -0.39 is 0 Å². The predicted octanol–water partition coefficient (Wildman–Crippen LogP) is 3.05. The van der Waals surface area contributed by atoms with Crippen molar-refractivity contribution in [1.29, 1.82) is 0 Å². The first kappa shape index (κ1) is 12.4. The van der Waals surface area contributed by atoms with Crippen molar-refractivity contribution >= 4 is 16.8 Å². The fourth-order valence-corrected chi connectivity index (χ4v) is 2.18.